The molecule has 0 fully saturated rings. The first-order valence-corrected chi connectivity index (χ1v) is 8.21. The Morgan fingerprint density at radius 3 is 2.38 bits per heavy atom. The molecule has 4 nitrogen and oxygen atoms in total. The molecular formula is C20H23NO3. The van der Waals surface area contributed by atoms with E-state index in [2.05, 4.69) is 50.9 Å². The van der Waals surface area contributed by atoms with Crippen molar-refractivity contribution in [1.29, 1.82) is 0 Å². The molecule has 0 radical (unpaired) electrons. The van der Waals surface area contributed by atoms with Crippen LogP contribution in [0.1, 0.15) is 67.8 Å². The zero-order chi connectivity index (χ0) is 17.5. The maximum absolute atomic E-state index is 10.8. The Kier molecular flexibility index (Phi) is 3.86. The van der Waals surface area contributed by atoms with E-state index in [4.69, 9.17) is 9.52 Å². The smallest absolute Gasteiger partial charge is 0.371 e. The van der Waals surface area contributed by atoms with Crippen LogP contribution >= 0.6 is 0 Å². The third kappa shape index (κ3) is 3.01. The van der Waals surface area contributed by atoms with Crippen molar-refractivity contribution < 1.29 is 14.3 Å². The van der Waals surface area contributed by atoms with Crippen molar-refractivity contribution in [2.24, 2.45) is 4.99 Å². The summed E-state index contributed by atoms with van der Waals surface area (Å²) in [5.41, 5.74) is 4.11. The Labute approximate surface area is 142 Å². The van der Waals surface area contributed by atoms with Gasteiger partial charge in [-0.15, -0.1) is 0 Å². The second-order valence-corrected chi connectivity index (χ2v) is 7.77. The molecule has 1 aromatic heterocycles. The van der Waals surface area contributed by atoms with Crippen LogP contribution in [0.3, 0.4) is 0 Å². The molecule has 0 aliphatic heterocycles. The van der Waals surface area contributed by atoms with Crippen LogP contribution < -0.4 is 0 Å². The van der Waals surface area contributed by atoms with Crippen LogP contribution in [0.15, 0.2) is 39.7 Å². The van der Waals surface area contributed by atoms with Crippen molar-refractivity contribution in [3.63, 3.8) is 0 Å². The Bertz CT molecular complexity index is 812. The minimum Gasteiger partial charge on any atom is -0.475 e. The number of benzene rings is 1. The summed E-state index contributed by atoms with van der Waals surface area (Å²) in [4.78, 5) is 15.1. The van der Waals surface area contributed by atoms with Gasteiger partial charge in [0.2, 0.25) is 11.6 Å². The van der Waals surface area contributed by atoms with E-state index in [0.29, 0.717) is 5.88 Å². The number of aliphatic imine (C=N–C) groups is 1. The Morgan fingerprint density at radius 1 is 1.08 bits per heavy atom. The van der Waals surface area contributed by atoms with E-state index in [1.165, 1.54) is 23.6 Å². The molecule has 1 N–H and O–H groups in total. The van der Waals surface area contributed by atoms with Crippen LogP contribution in [0.4, 0.5) is 5.88 Å². The Morgan fingerprint density at radius 2 is 1.75 bits per heavy atom. The lowest BCUT2D eigenvalue weighted by atomic mass is 9.63. The molecule has 1 heterocycles. The predicted octanol–water partition coefficient (Wildman–Crippen LogP) is 5.08. The van der Waals surface area contributed by atoms with Gasteiger partial charge in [-0.2, -0.15) is 0 Å². The molecular weight excluding hydrogens is 302 g/mol. The molecule has 1 aliphatic carbocycles. The van der Waals surface area contributed by atoms with Gasteiger partial charge in [-0.3, -0.25) is 0 Å². The van der Waals surface area contributed by atoms with Crippen molar-refractivity contribution in [1.82, 2.24) is 0 Å². The number of hydrogen-bond donors (Lipinski definition) is 1. The molecule has 1 aromatic carbocycles. The van der Waals surface area contributed by atoms with Gasteiger partial charge in [0.25, 0.3) is 0 Å². The summed E-state index contributed by atoms with van der Waals surface area (Å²) in [6.07, 6.45) is 4.07. The molecule has 0 saturated carbocycles. The Hall–Kier alpha value is -2.36. The van der Waals surface area contributed by atoms with Gasteiger partial charge in [0.15, 0.2) is 0 Å². The number of nitrogens with zero attached hydrogens (tertiary/aromatic N) is 1. The molecule has 1 aliphatic rings. The Balaban J connectivity index is 1.93. The average molecular weight is 325 g/mol. The molecule has 0 atom stereocenters. The highest BCUT2D eigenvalue weighted by Gasteiger charge is 2.36. The maximum atomic E-state index is 10.8. The second kappa shape index (κ2) is 5.62. The minimum atomic E-state index is -1.09. The molecule has 0 unspecified atom stereocenters. The predicted molar refractivity (Wildman–Crippen MR) is 94.6 cm³/mol. The number of furan rings is 1. The summed E-state index contributed by atoms with van der Waals surface area (Å²) in [6, 6.07) is 9.43. The first-order chi connectivity index (χ1) is 11.2. The van der Waals surface area contributed by atoms with Gasteiger partial charge in [0.05, 0.1) is 0 Å². The van der Waals surface area contributed by atoms with Crippen molar-refractivity contribution in [2.45, 2.75) is 51.4 Å². The van der Waals surface area contributed by atoms with E-state index < -0.39 is 5.97 Å². The zero-order valence-electron chi connectivity index (χ0n) is 14.6. The van der Waals surface area contributed by atoms with Crippen molar-refractivity contribution in [2.75, 3.05) is 0 Å². The van der Waals surface area contributed by atoms with E-state index in [9.17, 15) is 4.79 Å². The first kappa shape index (κ1) is 16.5. The number of carboxylic acid groups (broad SMARTS) is 1. The third-order valence-corrected chi connectivity index (χ3v) is 5.02. The molecule has 0 bridgehead atoms. The monoisotopic (exact) mass is 325 g/mol. The van der Waals surface area contributed by atoms with E-state index in [-0.39, 0.29) is 16.6 Å². The molecule has 2 aromatic rings. The van der Waals surface area contributed by atoms with E-state index in [1.54, 1.807) is 12.3 Å². The van der Waals surface area contributed by atoms with Crippen molar-refractivity contribution in [3.05, 3.63) is 52.8 Å². The molecule has 4 heteroatoms. The fourth-order valence-electron chi connectivity index (χ4n) is 3.34. The van der Waals surface area contributed by atoms with Crippen LogP contribution in [-0.4, -0.2) is 17.3 Å². The molecule has 0 amide bonds. The van der Waals surface area contributed by atoms with Crippen LogP contribution in [0, 0.1) is 0 Å². The average Bonchev–Trinajstić information content (AvgIpc) is 2.99. The van der Waals surface area contributed by atoms with Crippen molar-refractivity contribution in [3.8, 4) is 0 Å². The van der Waals surface area contributed by atoms with Gasteiger partial charge in [-0.05, 0) is 52.5 Å². The third-order valence-electron chi connectivity index (χ3n) is 5.02. The summed E-state index contributed by atoms with van der Waals surface area (Å²) >= 11 is 0. The zero-order valence-corrected chi connectivity index (χ0v) is 14.6. The van der Waals surface area contributed by atoms with Gasteiger partial charge in [0, 0.05) is 12.3 Å². The van der Waals surface area contributed by atoms with Gasteiger partial charge in [-0.25, -0.2) is 9.79 Å². The number of rotatable bonds is 3. The van der Waals surface area contributed by atoms with Gasteiger partial charge >= 0.3 is 5.97 Å². The topological polar surface area (TPSA) is 62.8 Å². The summed E-state index contributed by atoms with van der Waals surface area (Å²) < 4.78 is 5.16. The number of aromatic carboxylic acids is 1. The number of carbonyl (C=O) groups is 1. The first-order valence-electron chi connectivity index (χ1n) is 8.21. The minimum absolute atomic E-state index is 0.101. The standard InChI is InChI=1S/C20H23NO3/c1-19(2)9-10-20(3,4)15-11-13(5-6-14(15)19)12-21-17-8-7-16(24-17)18(22)23/h5-8,11-12H,9-10H2,1-4H3,(H,22,23). The summed E-state index contributed by atoms with van der Waals surface area (Å²) in [7, 11) is 0. The van der Waals surface area contributed by atoms with Crippen molar-refractivity contribution >= 4 is 18.1 Å². The maximum Gasteiger partial charge on any atom is 0.371 e. The van der Waals surface area contributed by atoms with E-state index >= 15 is 0 Å². The molecule has 0 saturated heterocycles. The lowest BCUT2D eigenvalue weighted by Crippen LogP contribution is -2.33. The van der Waals surface area contributed by atoms with Crippen LogP contribution in [0.25, 0.3) is 0 Å². The van der Waals surface area contributed by atoms with E-state index in [0.717, 1.165) is 12.0 Å². The fraction of sp³-hybridized carbons (Fsp3) is 0.400. The summed E-state index contributed by atoms with van der Waals surface area (Å²) in [5.74, 6) is -0.894. The highest BCUT2D eigenvalue weighted by atomic mass is 16.4. The number of fused-ring (bicyclic) bond motifs is 1. The van der Waals surface area contributed by atoms with Gasteiger partial charge in [-0.1, -0.05) is 39.8 Å². The molecule has 0 spiro atoms. The molecule has 126 valence electrons. The lowest BCUT2D eigenvalue weighted by molar-refractivity contribution is 0.0663. The molecule has 3 rings (SSSR count). The largest absolute Gasteiger partial charge is 0.475 e. The van der Waals surface area contributed by atoms with Crippen LogP contribution in [0.5, 0.6) is 0 Å². The summed E-state index contributed by atoms with van der Waals surface area (Å²) in [6.45, 7) is 9.16. The lowest BCUT2D eigenvalue weighted by Gasteiger charge is -2.42. The second-order valence-electron chi connectivity index (χ2n) is 7.77. The van der Waals surface area contributed by atoms with Crippen LogP contribution in [0.2, 0.25) is 0 Å². The number of hydrogen-bond acceptors (Lipinski definition) is 3. The highest BCUT2D eigenvalue weighted by molar-refractivity contribution is 5.85. The molecule has 24 heavy (non-hydrogen) atoms. The summed E-state index contributed by atoms with van der Waals surface area (Å²) in [5, 5.41) is 8.88. The van der Waals surface area contributed by atoms with E-state index in [1.807, 2.05) is 0 Å². The highest BCUT2D eigenvalue weighted by Crippen LogP contribution is 2.45. The SMILES string of the molecule is CC1(C)CCC(C)(C)c2cc(C=Nc3ccc(C(=O)O)o3)ccc21. The quantitative estimate of drug-likeness (QED) is 0.801. The van der Waals surface area contributed by atoms with Gasteiger partial charge < -0.3 is 9.52 Å². The normalized spacial score (nSPS) is 18.5. The number of carboxylic acids is 1. The fourth-order valence-corrected chi connectivity index (χ4v) is 3.34. The van der Waals surface area contributed by atoms with Crippen LogP contribution in [-0.2, 0) is 10.8 Å². The van der Waals surface area contributed by atoms with Gasteiger partial charge in [0.1, 0.15) is 0 Å².